The molecule has 4 nitrogen and oxygen atoms in total. The second kappa shape index (κ2) is 7.18. The molecule has 4 heteroatoms. The summed E-state index contributed by atoms with van der Waals surface area (Å²) in [5.41, 5.74) is 2.34. The van der Waals surface area contributed by atoms with Gasteiger partial charge in [-0.05, 0) is 50.6 Å². The van der Waals surface area contributed by atoms with Crippen LogP contribution in [0.15, 0.2) is 42.9 Å². The van der Waals surface area contributed by atoms with Crippen molar-refractivity contribution in [1.29, 1.82) is 0 Å². The Balaban J connectivity index is 1.77. The van der Waals surface area contributed by atoms with Crippen molar-refractivity contribution < 1.29 is 4.74 Å². The van der Waals surface area contributed by atoms with Gasteiger partial charge in [0.15, 0.2) is 0 Å². The lowest BCUT2D eigenvalue weighted by Gasteiger charge is -2.20. The van der Waals surface area contributed by atoms with Gasteiger partial charge in [-0.2, -0.15) is 0 Å². The topological polar surface area (TPSA) is 47.0 Å². The van der Waals surface area contributed by atoms with Crippen LogP contribution in [0, 0.1) is 0 Å². The quantitative estimate of drug-likeness (QED) is 0.886. The minimum Gasteiger partial charge on any atom is -0.492 e. The maximum Gasteiger partial charge on any atom is 0.137 e. The second-order valence-corrected chi connectivity index (χ2v) is 6.04. The van der Waals surface area contributed by atoms with Gasteiger partial charge in [0.25, 0.3) is 0 Å². The fourth-order valence-electron chi connectivity index (χ4n) is 1.79. The Hall–Kier alpha value is -1.94. The Morgan fingerprint density at radius 1 is 1.10 bits per heavy atom. The molecule has 2 heterocycles. The van der Waals surface area contributed by atoms with Gasteiger partial charge in [0.05, 0.1) is 18.5 Å². The number of nitrogens with one attached hydrogen (secondary N) is 1. The monoisotopic (exact) mass is 285 g/mol. The smallest absolute Gasteiger partial charge is 0.137 e. The molecule has 0 aliphatic rings. The number of hydrogen-bond donors (Lipinski definition) is 1. The number of pyridine rings is 2. The van der Waals surface area contributed by atoms with Crippen molar-refractivity contribution in [3.63, 3.8) is 0 Å². The van der Waals surface area contributed by atoms with Crippen molar-refractivity contribution in [2.75, 3.05) is 6.61 Å². The van der Waals surface area contributed by atoms with Crippen molar-refractivity contribution in [2.24, 2.45) is 0 Å². The normalized spacial score (nSPS) is 11.4. The molecular formula is C17H23N3O. The van der Waals surface area contributed by atoms with Crippen molar-refractivity contribution >= 4 is 0 Å². The largest absolute Gasteiger partial charge is 0.492 e. The van der Waals surface area contributed by atoms with E-state index in [9.17, 15) is 0 Å². The Labute approximate surface area is 126 Å². The Kier molecular flexibility index (Phi) is 5.28. The minimum absolute atomic E-state index is 0.0986. The second-order valence-electron chi connectivity index (χ2n) is 6.04. The highest BCUT2D eigenvalue weighted by molar-refractivity contribution is 5.20. The van der Waals surface area contributed by atoms with Crippen LogP contribution in [0.5, 0.6) is 5.75 Å². The van der Waals surface area contributed by atoms with Crippen LogP contribution in [0.2, 0.25) is 0 Å². The van der Waals surface area contributed by atoms with Crippen LogP contribution >= 0.6 is 0 Å². The Morgan fingerprint density at radius 3 is 2.48 bits per heavy atom. The lowest BCUT2D eigenvalue weighted by molar-refractivity contribution is 0.320. The van der Waals surface area contributed by atoms with E-state index in [4.69, 9.17) is 4.74 Å². The maximum absolute atomic E-state index is 5.71. The van der Waals surface area contributed by atoms with Crippen LogP contribution in [-0.2, 0) is 13.0 Å². The van der Waals surface area contributed by atoms with Gasteiger partial charge in [-0.15, -0.1) is 0 Å². The molecule has 0 radical (unpaired) electrons. The first-order valence-corrected chi connectivity index (χ1v) is 7.25. The molecule has 21 heavy (non-hydrogen) atoms. The predicted molar refractivity (Wildman–Crippen MR) is 84.3 cm³/mol. The lowest BCUT2D eigenvalue weighted by atomic mass is 10.1. The van der Waals surface area contributed by atoms with Gasteiger partial charge >= 0.3 is 0 Å². The molecule has 2 rings (SSSR count). The molecule has 0 spiro atoms. The van der Waals surface area contributed by atoms with E-state index in [0.717, 1.165) is 24.4 Å². The van der Waals surface area contributed by atoms with Crippen molar-refractivity contribution in [1.82, 2.24) is 15.3 Å². The summed E-state index contributed by atoms with van der Waals surface area (Å²) in [6.45, 7) is 7.84. The summed E-state index contributed by atoms with van der Waals surface area (Å²) < 4.78 is 5.71. The van der Waals surface area contributed by atoms with Gasteiger partial charge in [0, 0.05) is 30.9 Å². The highest BCUT2D eigenvalue weighted by atomic mass is 16.5. The molecule has 0 amide bonds. The number of rotatable bonds is 6. The van der Waals surface area contributed by atoms with Gasteiger partial charge in [0.2, 0.25) is 0 Å². The van der Waals surface area contributed by atoms with E-state index in [1.807, 2.05) is 24.3 Å². The molecule has 0 saturated carbocycles. The third kappa shape index (κ3) is 5.92. The van der Waals surface area contributed by atoms with Gasteiger partial charge in [-0.3, -0.25) is 9.97 Å². The average molecular weight is 285 g/mol. The average Bonchev–Trinajstić information content (AvgIpc) is 2.47. The summed E-state index contributed by atoms with van der Waals surface area (Å²) >= 11 is 0. The SMILES string of the molecule is CC(C)(C)NCc1ccc(OCCc2ccncc2)cn1. The molecule has 0 aromatic carbocycles. The van der Waals surface area contributed by atoms with Crippen molar-refractivity contribution in [3.8, 4) is 5.75 Å². The summed E-state index contributed by atoms with van der Waals surface area (Å²) in [6, 6.07) is 7.98. The molecular weight excluding hydrogens is 262 g/mol. The molecule has 0 aliphatic heterocycles. The molecule has 0 atom stereocenters. The molecule has 0 fully saturated rings. The minimum atomic E-state index is 0.0986. The number of nitrogens with zero attached hydrogens (tertiary/aromatic N) is 2. The molecule has 0 saturated heterocycles. The van der Waals surface area contributed by atoms with Crippen LogP contribution in [0.4, 0.5) is 0 Å². The molecule has 1 N–H and O–H groups in total. The maximum atomic E-state index is 5.71. The third-order valence-corrected chi connectivity index (χ3v) is 3.01. The van der Waals surface area contributed by atoms with E-state index in [-0.39, 0.29) is 5.54 Å². The van der Waals surface area contributed by atoms with Gasteiger partial charge in [-0.1, -0.05) is 0 Å². The lowest BCUT2D eigenvalue weighted by Crippen LogP contribution is -2.35. The number of aromatic nitrogens is 2. The van der Waals surface area contributed by atoms with E-state index in [1.165, 1.54) is 5.56 Å². The number of hydrogen-bond acceptors (Lipinski definition) is 4. The van der Waals surface area contributed by atoms with Crippen LogP contribution < -0.4 is 10.1 Å². The van der Waals surface area contributed by atoms with E-state index in [2.05, 4.69) is 36.1 Å². The summed E-state index contributed by atoms with van der Waals surface area (Å²) in [7, 11) is 0. The molecule has 0 bridgehead atoms. The van der Waals surface area contributed by atoms with E-state index in [1.54, 1.807) is 18.6 Å². The van der Waals surface area contributed by atoms with Crippen LogP contribution in [0.3, 0.4) is 0 Å². The van der Waals surface area contributed by atoms with Gasteiger partial charge < -0.3 is 10.1 Å². The first kappa shape index (κ1) is 15.4. The zero-order valence-corrected chi connectivity index (χ0v) is 13.0. The Bertz CT molecular complexity index is 532. The molecule has 0 aliphatic carbocycles. The zero-order valence-electron chi connectivity index (χ0n) is 13.0. The number of ether oxygens (including phenoxy) is 1. The molecule has 2 aromatic rings. The predicted octanol–water partition coefficient (Wildman–Crippen LogP) is 2.99. The van der Waals surface area contributed by atoms with Crippen molar-refractivity contribution in [3.05, 3.63) is 54.1 Å². The Morgan fingerprint density at radius 2 is 1.86 bits per heavy atom. The van der Waals surface area contributed by atoms with Gasteiger partial charge in [-0.25, -0.2) is 0 Å². The van der Waals surface area contributed by atoms with E-state index >= 15 is 0 Å². The third-order valence-electron chi connectivity index (χ3n) is 3.01. The van der Waals surface area contributed by atoms with Crippen LogP contribution in [0.25, 0.3) is 0 Å². The zero-order chi connectivity index (χ0) is 15.1. The molecule has 0 unspecified atom stereocenters. The fourth-order valence-corrected chi connectivity index (χ4v) is 1.79. The fraction of sp³-hybridized carbons (Fsp3) is 0.412. The summed E-state index contributed by atoms with van der Waals surface area (Å²) in [6.07, 6.45) is 6.25. The highest BCUT2D eigenvalue weighted by Gasteiger charge is 2.08. The van der Waals surface area contributed by atoms with E-state index < -0.39 is 0 Å². The highest BCUT2D eigenvalue weighted by Crippen LogP contribution is 2.11. The first-order chi connectivity index (χ1) is 10.0. The standard InChI is InChI=1S/C17H23N3O/c1-17(2,3)20-12-15-4-5-16(13-19-15)21-11-8-14-6-9-18-10-7-14/h4-7,9-10,13,20H,8,11-12H2,1-3H3. The molecule has 2 aromatic heterocycles. The summed E-state index contributed by atoms with van der Waals surface area (Å²) in [4.78, 5) is 8.41. The summed E-state index contributed by atoms with van der Waals surface area (Å²) in [5.74, 6) is 0.809. The molecule has 112 valence electrons. The van der Waals surface area contributed by atoms with Crippen molar-refractivity contribution in [2.45, 2.75) is 39.3 Å². The summed E-state index contributed by atoms with van der Waals surface area (Å²) in [5, 5.41) is 3.41. The van der Waals surface area contributed by atoms with Crippen LogP contribution in [0.1, 0.15) is 32.0 Å². The first-order valence-electron chi connectivity index (χ1n) is 7.25. The van der Waals surface area contributed by atoms with E-state index in [0.29, 0.717) is 6.61 Å². The van der Waals surface area contributed by atoms with Gasteiger partial charge in [0.1, 0.15) is 5.75 Å². The van der Waals surface area contributed by atoms with Crippen LogP contribution in [-0.4, -0.2) is 22.1 Å².